The van der Waals surface area contributed by atoms with Crippen molar-refractivity contribution in [3.8, 4) is 11.5 Å². The number of hydrogen-bond acceptors (Lipinski definition) is 5. The fourth-order valence-corrected chi connectivity index (χ4v) is 3.21. The molecule has 1 aliphatic heterocycles. The molecule has 1 heterocycles. The Bertz CT molecular complexity index is 899. The minimum absolute atomic E-state index is 0.0775. The Balaban J connectivity index is 1.60. The van der Waals surface area contributed by atoms with Crippen LogP contribution in [0.1, 0.15) is 12.0 Å². The number of nitrogens with zero attached hydrogens (tertiary/aromatic N) is 2. The Kier molecular flexibility index (Phi) is 6.30. The first-order chi connectivity index (χ1) is 13.5. The number of amides is 2. The zero-order valence-electron chi connectivity index (χ0n) is 15.5. The SMILES string of the molecule is COc1ccc(/C=N\NC(=O)[C@H]2CC(=O)N(c3ccc(Br)cc3)C2)cc1OC. The molecule has 8 heteroatoms. The number of benzene rings is 2. The molecule has 0 radical (unpaired) electrons. The maximum absolute atomic E-state index is 12.4. The molecular formula is C20H20BrN3O4. The monoisotopic (exact) mass is 445 g/mol. The second-order valence-electron chi connectivity index (χ2n) is 6.23. The van der Waals surface area contributed by atoms with Crippen LogP contribution in [0.4, 0.5) is 5.69 Å². The first-order valence-corrected chi connectivity index (χ1v) is 9.42. The van der Waals surface area contributed by atoms with Gasteiger partial charge in [0.25, 0.3) is 0 Å². The number of hydrogen-bond donors (Lipinski definition) is 1. The molecule has 1 N–H and O–H groups in total. The molecular weight excluding hydrogens is 426 g/mol. The highest BCUT2D eigenvalue weighted by Gasteiger charge is 2.35. The van der Waals surface area contributed by atoms with Crippen LogP contribution in [-0.2, 0) is 9.59 Å². The standard InChI is InChI=1S/C20H20BrN3O4/c1-27-17-8-3-13(9-18(17)28-2)11-22-23-20(26)14-10-19(25)24(12-14)16-6-4-15(21)5-7-16/h3-9,11,14H,10,12H2,1-2H3,(H,23,26)/b22-11-/t14-/m0/s1. The van der Waals surface area contributed by atoms with Crippen molar-refractivity contribution >= 4 is 39.6 Å². The molecule has 2 aromatic rings. The maximum atomic E-state index is 12.4. The predicted octanol–water partition coefficient (Wildman–Crippen LogP) is 2.97. The Morgan fingerprint density at radius 3 is 2.57 bits per heavy atom. The zero-order valence-corrected chi connectivity index (χ0v) is 17.1. The van der Waals surface area contributed by atoms with Crippen LogP contribution in [0.5, 0.6) is 11.5 Å². The van der Waals surface area contributed by atoms with Gasteiger partial charge < -0.3 is 14.4 Å². The van der Waals surface area contributed by atoms with Gasteiger partial charge in [-0.05, 0) is 48.0 Å². The number of ether oxygens (including phenoxy) is 2. The van der Waals surface area contributed by atoms with E-state index < -0.39 is 5.92 Å². The van der Waals surface area contributed by atoms with E-state index >= 15 is 0 Å². The molecule has 1 fully saturated rings. The van der Waals surface area contributed by atoms with Gasteiger partial charge in [-0.2, -0.15) is 5.10 Å². The summed E-state index contributed by atoms with van der Waals surface area (Å²) in [6.45, 7) is 0.332. The van der Waals surface area contributed by atoms with Gasteiger partial charge in [-0.3, -0.25) is 9.59 Å². The number of methoxy groups -OCH3 is 2. The second-order valence-corrected chi connectivity index (χ2v) is 7.15. The van der Waals surface area contributed by atoms with Crippen molar-refractivity contribution in [1.29, 1.82) is 0 Å². The van der Waals surface area contributed by atoms with Gasteiger partial charge in [-0.1, -0.05) is 15.9 Å². The summed E-state index contributed by atoms with van der Waals surface area (Å²) < 4.78 is 11.4. The van der Waals surface area contributed by atoms with E-state index in [2.05, 4.69) is 26.5 Å². The first-order valence-electron chi connectivity index (χ1n) is 8.62. The van der Waals surface area contributed by atoms with E-state index in [1.165, 1.54) is 6.21 Å². The van der Waals surface area contributed by atoms with E-state index in [-0.39, 0.29) is 18.2 Å². The van der Waals surface area contributed by atoms with Crippen molar-refractivity contribution < 1.29 is 19.1 Å². The summed E-state index contributed by atoms with van der Waals surface area (Å²) in [6.07, 6.45) is 1.68. The molecule has 0 aromatic heterocycles. The lowest BCUT2D eigenvalue weighted by Crippen LogP contribution is -2.30. The highest BCUT2D eigenvalue weighted by molar-refractivity contribution is 9.10. The molecule has 1 saturated heterocycles. The molecule has 2 aromatic carbocycles. The van der Waals surface area contributed by atoms with E-state index in [1.54, 1.807) is 37.3 Å². The lowest BCUT2D eigenvalue weighted by molar-refractivity contribution is -0.126. The van der Waals surface area contributed by atoms with Crippen LogP contribution in [0.25, 0.3) is 0 Å². The summed E-state index contributed by atoms with van der Waals surface area (Å²) in [6, 6.07) is 12.7. The normalized spacial score (nSPS) is 16.5. The Labute approximate surface area is 171 Å². The van der Waals surface area contributed by atoms with Crippen LogP contribution in [0.3, 0.4) is 0 Å². The van der Waals surface area contributed by atoms with Crippen LogP contribution < -0.4 is 19.8 Å². The van der Waals surface area contributed by atoms with E-state index in [1.807, 2.05) is 24.3 Å². The molecule has 0 bridgehead atoms. The van der Waals surface area contributed by atoms with E-state index in [0.29, 0.717) is 18.0 Å². The Hall–Kier alpha value is -2.87. The van der Waals surface area contributed by atoms with Gasteiger partial charge in [0.2, 0.25) is 11.8 Å². The minimum atomic E-state index is -0.446. The van der Waals surface area contributed by atoms with Crippen molar-refractivity contribution in [3.63, 3.8) is 0 Å². The minimum Gasteiger partial charge on any atom is -0.493 e. The van der Waals surface area contributed by atoms with Gasteiger partial charge in [-0.15, -0.1) is 0 Å². The summed E-state index contributed by atoms with van der Waals surface area (Å²) >= 11 is 3.37. The van der Waals surface area contributed by atoms with Gasteiger partial charge in [0.15, 0.2) is 11.5 Å². The van der Waals surface area contributed by atoms with E-state index in [0.717, 1.165) is 15.7 Å². The first kappa shape index (κ1) is 19.9. The van der Waals surface area contributed by atoms with Crippen molar-refractivity contribution in [1.82, 2.24) is 5.43 Å². The van der Waals surface area contributed by atoms with Crippen LogP contribution >= 0.6 is 15.9 Å². The number of carbonyl (C=O) groups is 2. The van der Waals surface area contributed by atoms with Crippen molar-refractivity contribution in [2.45, 2.75) is 6.42 Å². The summed E-state index contributed by atoms with van der Waals surface area (Å²) in [5.74, 6) is 0.375. The highest BCUT2D eigenvalue weighted by Crippen LogP contribution is 2.27. The van der Waals surface area contributed by atoms with Crippen LogP contribution in [0.15, 0.2) is 52.0 Å². The summed E-state index contributed by atoms with van der Waals surface area (Å²) in [5, 5.41) is 3.99. The number of anilines is 1. The van der Waals surface area contributed by atoms with Gasteiger partial charge in [0.1, 0.15) is 0 Å². The molecule has 146 valence electrons. The number of hydrazone groups is 1. The lowest BCUT2D eigenvalue weighted by Gasteiger charge is -2.16. The van der Waals surface area contributed by atoms with Gasteiger partial charge in [-0.25, -0.2) is 5.43 Å². The van der Waals surface area contributed by atoms with Crippen molar-refractivity contribution in [2.24, 2.45) is 11.0 Å². The van der Waals surface area contributed by atoms with E-state index in [9.17, 15) is 9.59 Å². The fraction of sp³-hybridized carbons (Fsp3) is 0.250. The molecule has 0 saturated carbocycles. The molecule has 7 nitrogen and oxygen atoms in total. The third kappa shape index (κ3) is 4.51. The van der Waals surface area contributed by atoms with Crippen LogP contribution in [0, 0.1) is 5.92 Å². The maximum Gasteiger partial charge on any atom is 0.245 e. The smallest absolute Gasteiger partial charge is 0.245 e. The fourth-order valence-electron chi connectivity index (χ4n) is 2.95. The molecule has 0 unspecified atom stereocenters. The average molecular weight is 446 g/mol. The third-order valence-electron chi connectivity index (χ3n) is 4.43. The summed E-state index contributed by atoms with van der Waals surface area (Å²) in [7, 11) is 3.11. The van der Waals surface area contributed by atoms with Gasteiger partial charge in [0.05, 0.1) is 26.4 Å². The molecule has 1 atom stereocenters. The van der Waals surface area contributed by atoms with Crippen molar-refractivity contribution in [3.05, 3.63) is 52.5 Å². The molecule has 28 heavy (non-hydrogen) atoms. The summed E-state index contributed by atoms with van der Waals surface area (Å²) in [4.78, 5) is 26.3. The zero-order chi connectivity index (χ0) is 20.1. The lowest BCUT2D eigenvalue weighted by atomic mass is 10.1. The van der Waals surface area contributed by atoms with Crippen LogP contribution in [0.2, 0.25) is 0 Å². The largest absolute Gasteiger partial charge is 0.493 e. The molecule has 1 aliphatic rings. The van der Waals surface area contributed by atoms with Gasteiger partial charge in [0, 0.05) is 23.1 Å². The predicted molar refractivity (Wildman–Crippen MR) is 110 cm³/mol. The van der Waals surface area contributed by atoms with E-state index in [4.69, 9.17) is 9.47 Å². The Morgan fingerprint density at radius 2 is 1.89 bits per heavy atom. The number of carbonyl (C=O) groups excluding carboxylic acids is 2. The number of rotatable bonds is 6. The average Bonchev–Trinajstić information content (AvgIpc) is 3.10. The Morgan fingerprint density at radius 1 is 1.18 bits per heavy atom. The van der Waals surface area contributed by atoms with Crippen LogP contribution in [-0.4, -0.2) is 38.8 Å². The quantitative estimate of drug-likeness (QED) is 0.547. The molecule has 3 rings (SSSR count). The summed E-state index contributed by atoms with van der Waals surface area (Å²) in [5.41, 5.74) is 4.04. The van der Waals surface area contributed by atoms with Gasteiger partial charge >= 0.3 is 0 Å². The highest BCUT2D eigenvalue weighted by atomic mass is 79.9. The third-order valence-corrected chi connectivity index (χ3v) is 4.96. The molecule has 0 aliphatic carbocycles. The van der Waals surface area contributed by atoms with Crippen molar-refractivity contribution in [2.75, 3.05) is 25.7 Å². The molecule has 0 spiro atoms. The number of nitrogens with one attached hydrogen (secondary N) is 1. The number of halogens is 1. The molecule has 2 amide bonds. The topological polar surface area (TPSA) is 80.2 Å². The second kappa shape index (κ2) is 8.88.